The van der Waals surface area contributed by atoms with Gasteiger partial charge in [0.15, 0.2) is 11.6 Å². The van der Waals surface area contributed by atoms with Gasteiger partial charge in [-0.1, -0.05) is 18.2 Å². The Hall–Kier alpha value is -2.65. The van der Waals surface area contributed by atoms with Gasteiger partial charge in [0.25, 0.3) is 0 Å². The summed E-state index contributed by atoms with van der Waals surface area (Å²) >= 11 is 0. The second-order valence-electron chi connectivity index (χ2n) is 6.59. The van der Waals surface area contributed by atoms with Crippen molar-refractivity contribution in [1.82, 2.24) is 10.3 Å². The van der Waals surface area contributed by atoms with Gasteiger partial charge in [0.2, 0.25) is 0 Å². The number of aliphatic hydroxyl groups excluding tert-OH is 2. The minimum Gasteiger partial charge on any atom is -0.391 e. The van der Waals surface area contributed by atoms with Crippen molar-refractivity contribution < 1.29 is 28.0 Å². The minimum absolute atomic E-state index is 0.239. The Kier molecular flexibility index (Phi) is 4.27. The Morgan fingerprint density at radius 3 is 2.67 bits per heavy atom. The van der Waals surface area contributed by atoms with Gasteiger partial charge in [0.05, 0.1) is 11.8 Å². The molecule has 1 aliphatic rings. The first-order chi connectivity index (χ1) is 12.8. The lowest BCUT2D eigenvalue weighted by molar-refractivity contribution is -0.206. The fourth-order valence-corrected chi connectivity index (χ4v) is 3.32. The van der Waals surface area contributed by atoms with Crippen LogP contribution >= 0.6 is 0 Å². The molecule has 2 aromatic carbocycles. The number of aromatic nitrogens is 2. The number of rotatable bonds is 3. The maximum absolute atomic E-state index is 12.8. The predicted octanol–water partition coefficient (Wildman–Crippen LogP) is 3.06. The molecule has 1 fully saturated rings. The zero-order valence-electron chi connectivity index (χ0n) is 14.0. The van der Waals surface area contributed by atoms with Crippen LogP contribution in [0.25, 0.3) is 22.2 Å². The SMILES string of the molecule is OC1CCN(c2cc(-c3cccc(C(O)C(F)(F)F)c3)cc3nonc23)C1. The van der Waals surface area contributed by atoms with E-state index in [0.717, 1.165) is 0 Å². The zero-order valence-corrected chi connectivity index (χ0v) is 14.0. The summed E-state index contributed by atoms with van der Waals surface area (Å²) in [5, 5.41) is 27.1. The molecule has 0 radical (unpaired) electrons. The minimum atomic E-state index is -4.74. The van der Waals surface area contributed by atoms with Gasteiger partial charge in [0.1, 0.15) is 5.52 Å². The van der Waals surface area contributed by atoms with Crippen LogP contribution in [0.3, 0.4) is 0 Å². The third kappa shape index (κ3) is 3.35. The smallest absolute Gasteiger partial charge is 0.391 e. The van der Waals surface area contributed by atoms with Crippen molar-refractivity contribution >= 4 is 16.7 Å². The molecule has 0 bridgehead atoms. The maximum Gasteiger partial charge on any atom is 0.418 e. The van der Waals surface area contributed by atoms with Gasteiger partial charge in [-0.05, 0) is 51.6 Å². The Morgan fingerprint density at radius 1 is 1.15 bits per heavy atom. The highest BCUT2D eigenvalue weighted by atomic mass is 19.4. The van der Waals surface area contributed by atoms with Crippen LogP contribution in [0.1, 0.15) is 18.1 Å². The maximum atomic E-state index is 12.8. The van der Waals surface area contributed by atoms with Crippen LogP contribution in [0.2, 0.25) is 0 Å². The van der Waals surface area contributed by atoms with Gasteiger partial charge < -0.3 is 15.1 Å². The first-order valence-corrected chi connectivity index (χ1v) is 8.37. The van der Waals surface area contributed by atoms with E-state index < -0.39 is 18.4 Å². The molecule has 4 rings (SSSR count). The molecule has 0 aliphatic carbocycles. The van der Waals surface area contributed by atoms with E-state index in [-0.39, 0.29) is 5.56 Å². The van der Waals surface area contributed by atoms with Crippen molar-refractivity contribution in [2.45, 2.75) is 24.8 Å². The number of hydrogen-bond donors (Lipinski definition) is 2. The molecule has 0 spiro atoms. The van der Waals surface area contributed by atoms with Crippen LogP contribution in [0.5, 0.6) is 0 Å². The number of hydrogen-bond acceptors (Lipinski definition) is 6. The molecule has 1 aliphatic heterocycles. The lowest BCUT2D eigenvalue weighted by Gasteiger charge is -2.19. The Bertz CT molecular complexity index is 973. The predicted molar refractivity (Wildman–Crippen MR) is 91.1 cm³/mol. The molecule has 2 atom stereocenters. The molecule has 142 valence electrons. The van der Waals surface area contributed by atoms with Crippen LogP contribution in [-0.2, 0) is 0 Å². The number of alkyl halides is 3. The highest BCUT2D eigenvalue weighted by molar-refractivity contribution is 5.92. The van der Waals surface area contributed by atoms with Crippen molar-refractivity contribution in [3.8, 4) is 11.1 Å². The average Bonchev–Trinajstić information content (AvgIpc) is 3.28. The monoisotopic (exact) mass is 379 g/mol. The molecule has 1 saturated heterocycles. The number of β-amino-alcohol motifs (C(OH)–C–C–N with tert-alkyl or cyclic N) is 1. The van der Waals surface area contributed by atoms with Crippen LogP contribution in [0.15, 0.2) is 41.0 Å². The van der Waals surface area contributed by atoms with E-state index in [0.29, 0.717) is 47.4 Å². The second kappa shape index (κ2) is 6.50. The van der Waals surface area contributed by atoms with Crippen LogP contribution < -0.4 is 4.90 Å². The number of fused-ring (bicyclic) bond motifs is 1. The van der Waals surface area contributed by atoms with E-state index in [2.05, 4.69) is 10.3 Å². The lowest BCUT2D eigenvalue weighted by Crippen LogP contribution is -2.21. The molecule has 27 heavy (non-hydrogen) atoms. The van der Waals surface area contributed by atoms with E-state index in [9.17, 15) is 23.4 Å². The summed E-state index contributed by atoms with van der Waals surface area (Å²) in [6.45, 7) is 1.05. The molecule has 0 saturated carbocycles. The molecular formula is C18H16F3N3O3. The summed E-state index contributed by atoms with van der Waals surface area (Å²) in [5.41, 5.74) is 2.57. The number of aliphatic hydroxyl groups is 2. The fourth-order valence-electron chi connectivity index (χ4n) is 3.32. The van der Waals surface area contributed by atoms with Gasteiger partial charge in [-0.15, -0.1) is 0 Å². The van der Waals surface area contributed by atoms with E-state index in [1.54, 1.807) is 18.2 Å². The fraction of sp³-hybridized carbons (Fsp3) is 0.333. The first kappa shape index (κ1) is 17.7. The standard InChI is InChI=1S/C18H16F3N3O3/c19-18(20,21)17(26)11-3-1-2-10(6-11)12-7-14-16(23-27-22-14)15(8-12)24-5-4-13(25)9-24/h1-3,6-8,13,17,25-26H,4-5,9H2. The van der Waals surface area contributed by atoms with Crippen molar-refractivity contribution in [2.75, 3.05) is 18.0 Å². The molecule has 6 nitrogen and oxygen atoms in total. The summed E-state index contributed by atoms with van der Waals surface area (Å²) in [6.07, 6.45) is -7.13. The normalized spacial score (nSPS) is 19.0. The van der Waals surface area contributed by atoms with Crippen molar-refractivity contribution in [2.24, 2.45) is 0 Å². The molecule has 3 aromatic rings. The topological polar surface area (TPSA) is 82.6 Å². The van der Waals surface area contributed by atoms with E-state index >= 15 is 0 Å². The molecule has 2 heterocycles. The second-order valence-corrected chi connectivity index (χ2v) is 6.59. The Balaban J connectivity index is 1.78. The molecular weight excluding hydrogens is 363 g/mol. The number of benzene rings is 2. The van der Waals surface area contributed by atoms with Crippen LogP contribution in [-0.4, -0.2) is 45.9 Å². The highest BCUT2D eigenvalue weighted by Gasteiger charge is 2.39. The largest absolute Gasteiger partial charge is 0.418 e. The van der Waals surface area contributed by atoms with E-state index in [4.69, 9.17) is 4.63 Å². The third-order valence-corrected chi connectivity index (χ3v) is 4.69. The Morgan fingerprint density at radius 2 is 1.96 bits per heavy atom. The molecule has 9 heteroatoms. The van der Waals surface area contributed by atoms with E-state index in [1.807, 2.05) is 4.90 Å². The summed E-state index contributed by atoms with van der Waals surface area (Å²) in [7, 11) is 0. The first-order valence-electron chi connectivity index (χ1n) is 8.37. The molecule has 2 N–H and O–H groups in total. The zero-order chi connectivity index (χ0) is 19.2. The quantitative estimate of drug-likeness (QED) is 0.728. The highest BCUT2D eigenvalue weighted by Crippen LogP contribution is 2.36. The number of anilines is 1. The van der Waals surface area contributed by atoms with Crippen LogP contribution in [0.4, 0.5) is 18.9 Å². The van der Waals surface area contributed by atoms with Gasteiger partial charge in [-0.3, -0.25) is 0 Å². The Labute approximate surface area is 151 Å². The van der Waals surface area contributed by atoms with Crippen LogP contribution in [0, 0.1) is 0 Å². The average molecular weight is 379 g/mol. The third-order valence-electron chi connectivity index (χ3n) is 4.69. The van der Waals surface area contributed by atoms with Gasteiger partial charge >= 0.3 is 6.18 Å². The lowest BCUT2D eigenvalue weighted by atomic mass is 9.99. The van der Waals surface area contributed by atoms with E-state index in [1.165, 1.54) is 18.2 Å². The number of halogens is 3. The van der Waals surface area contributed by atoms with Gasteiger partial charge in [-0.25, -0.2) is 4.63 Å². The van der Waals surface area contributed by atoms with Crippen molar-refractivity contribution in [3.63, 3.8) is 0 Å². The van der Waals surface area contributed by atoms with Crippen molar-refractivity contribution in [3.05, 3.63) is 42.0 Å². The summed E-state index contributed by atoms with van der Waals surface area (Å²) < 4.78 is 43.3. The molecule has 2 unspecified atom stereocenters. The summed E-state index contributed by atoms with van der Waals surface area (Å²) in [4.78, 5) is 1.94. The molecule has 1 aromatic heterocycles. The van der Waals surface area contributed by atoms with Gasteiger partial charge in [-0.2, -0.15) is 13.2 Å². The summed E-state index contributed by atoms with van der Waals surface area (Å²) in [5.74, 6) is 0. The van der Waals surface area contributed by atoms with Gasteiger partial charge in [0, 0.05) is 13.1 Å². The summed E-state index contributed by atoms with van der Waals surface area (Å²) in [6, 6.07) is 9.10. The number of nitrogens with zero attached hydrogens (tertiary/aromatic N) is 3. The molecule has 0 amide bonds. The van der Waals surface area contributed by atoms with Crippen molar-refractivity contribution in [1.29, 1.82) is 0 Å².